The van der Waals surface area contributed by atoms with E-state index in [0.717, 1.165) is 26.9 Å². The van der Waals surface area contributed by atoms with E-state index in [1.54, 1.807) is 11.3 Å². The first-order valence-electron chi connectivity index (χ1n) is 5.23. The number of thiazole rings is 1. The van der Waals surface area contributed by atoms with Crippen LogP contribution in [0.25, 0.3) is 16.2 Å². The van der Waals surface area contributed by atoms with Crippen LogP contribution in [0.4, 0.5) is 0 Å². The van der Waals surface area contributed by atoms with E-state index < -0.39 is 0 Å². The molecule has 3 heterocycles. The summed E-state index contributed by atoms with van der Waals surface area (Å²) in [5.74, 6) is 0. The lowest BCUT2D eigenvalue weighted by Crippen LogP contribution is -1.87. The minimum absolute atomic E-state index is 0.664. The van der Waals surface area contributed by atoms with Gasteiger partial charge in [-0.15, -0.1) is 11.3 Å². The summed E-state index contributed by atoms with van der Waals surface area (Å²) in [5, 5.41) is 1.73. The normalized spacial score (nSPS) is 11.2. The summed E-state index contributed by atoms with van der Waals surface area (Å²) in [6.45, 7) is 4.03. The molecule has 0 N–H and O–H groups in total. The van der Waals surface area contributed by atoms with Gasteiger partial charge in [0.25, 0.3) is 0 Å². The predicted molar refractivity (Wildman–Crippen MR) is 70.8 cm³/mol. The first-order chi connectivity index (χ1) is 8.16. The molecule has 3 rings (SSSR count). The maximum absolute atomic E-state index is 6.11. The molecular formula is C12H10ClN3S. The third kappa shape index (κ3) is 1.64. The molecule has 0 aliphatic heterocycles. The van der Waals surface area contributed by atoms with Crippen molar-refractivity contribution in [2.45, 2.75) is 13.8 Å². The van der Waals surface area contributed by atoms with Gasteiger partial charge in [-0.1, -0.05) is 11.6 Å². The zero-order valence-electron chi connectivity index (χ0n) is 9.44. The fraction of sp³-hybridized carbons (Fsp3) is 0.167. The van der Waals surface area contributed by atoms with Crippen LogP contribution >= 0.6 is 22.9 Å². The lowest BCUT2D eigenvalue weighted by molar-refractivity contribution is 1.17. The molecule has 0 aliphatic rings. The van der Waals surface area contributed by atoms with Crippen LogP contribution in [-0.4, -0.2) is 14.4 Å². The lowest BCUT2D eigenvalue weighted by atomic mass is 10.3. The standard InChI is InChI=1S/C12H10ClN3S/c1-7-11(17-8(2)15-7)10-6-14-12-9(13)4-3-5-16(10)12/h3-6H,1-2H3. The van der Waals surface area contributed by atoms with Gasteiger partial charge in [-0.2, -0.15) is 0 Å². The van der Waals surface area contributed by atoms with Crippen LogP contribution in [0.3, 0.4) is 0 Å². The van der Waals surface area contributed by atoms with Crippen molar-refractivity contribution >= 4 is 28.6 Å². The predicted octanol–water partition coefficient (Wildman–Crippen LogP) is 3.73. The maximum Gasteiger partial charge on any atom is 0.156 e. The average Bonchev–Trinajstić information content (AvgIpc) is 2.83. The Balaban J connectivity index is 2.32. The fourth-order valence-corrected chi connectivity index (χ4v) is 3.05. The second-order valence-electron chi connectivity index (χ2n) is 3.84. The van der Waals surface area contributed by atoms with Gasteiger partial charge < -0.3 is 0 Å². The number of aromatic nitrogens is 3. The summed E-state index contributed by atoms with van der Waals surface area (Å²) in [5.41, 5.74) is 2.87. The topological polar surface area (TPSA) is 30.2 Å². The van der Waals surface area contributed by atoms with Gasteiger partial charge in [0.2, 0.25) is 0 Å². The van der Waals surface area contributed by atoms with Crippen LogP contribution in [0.1, 0.15) is 10.7 Å². The molecule has 0 unspecified atom stereocenters. The second-order valence-corrected chi connectivity index (χ2v) is 5.45. The molecule has 0 saturated carbocycles. The lowest BCUT2D eigenvalue weighted by Gasteiger charge is -2.00. The van der Waals surface area contributed by atoms with Crippen molar-refractivity contribution in [1.82, 2.24) is 14.4 Å². The molecule has 0 atom stereocenters. The number of imidazole rings is 1. The number of aryl methyl sites for hydroxylation is 2. The highest BCUT2D eigenvalue weighted by Crippen LogP contribution is 2.31. The molecule has 3 nitrogen and oxygen atoms in total. The summed E-state index contributed by atoms with van der Waals surface area (Å²) in [7, 11) is 0. The van der Waals surface area contributed by atoms with E-state index in [4.69, 9.17) is 11.6 Å². The Morgan fingerprint density at radius 2 is 2.18 bits per heavy atom. The van der Waals surface area contributed by atoms with Crippen molar-refractivity contribution in [3.63, 3.8) is 0 Å². The van der Waals surface area contributed by atoms with Gasteiger partial charge in [0.15, 0.2) is 5.65 Å². The number of pyridine rings is 1. The van der Waals surface area contributed by atoms with E-state index in [1.165, 1.54) is 0 Å². The molecule has 0 bridgehead atoms. The van der Waals surface area contributed by atoms with E-state index in [1.807, 2.05) is 42.8 Å². The van der Waals surface area contributed by atoms with Crippen molar-refractivity contribution in [2.24, 2.45) is 0 Å². The average molecular weight is 264 g/mol. The Morgan fingerprint density at radius 1 is 1.35 bits per heavy atom. The number of halogens is 1. The summed E-state index contributed by atoms with van der Waals surface area (Å²) in [6.07, 6.45) is 3.82. The van der Waals surface area contributed by atoms with Gasteiger partial charge in [-0.05, 0) is 26.0 Å². The number of fused-ring (bicyclic) bond motifs is 1. The molecule has 0 radical (unpaired) electrons. The number of nitrogens with zero attached hydrogens (tertiary/aromatic N) is 3. The summed E-state index contributed by atoms with van der Waals surface area (Å²) >= 11 is 7.79. The van der Waals surface area contributed by atoms with E-state index in [9.17, 15) is 0 Å². The summed E-state index contributed by atoms with van der Waals surface area (Å²) < 4.78 is 2.00. The van der Waals surface area contributed by atoms with Crippen molar-refractivity contribution in [3.05, 3.63) is 40.3 Å². The third-order valence-corrected chi connectivity index (χ3v) is 4.01. The fourth-order valence-electron chi connectivity index (χ4n) is 1.91. The molecule has 0 aliphatic carbocycles. The highest BCUT2D eigenvalue weighted by Gasteiger charge is 2.13. The van der Waals surface area contributed by atoms with Crippen LogP contribution < -0.4 is 0 Å². The Kier molecular flexibility index (Phi) is 2.42. The van der Waals surface area contributed by atoms with Gasteiger partial charge in [0.05, 0.1) is 32.5 Å². The molecule has 0 spiro atoms. The smallest absolute Gasteiger partial charge is 0.156 e. The van der Waals surface area contributed by atoms with Crippen molar-refractivity contribution in [2.75, 3.05) is 0 Å². The van der Waals surface area contributed by atoms with Gasteiger partial charge in [0, 0.05) is 6.20 Å². The molecule has 5 heteroatoms. The SMILES string of the molecule is Cc1nc(C)c(-c2cnc3c(Cl)cccn23)s1. The van der Waals surface area contributed by atoms with Gasteiger partial charge in [-0.3, -0.25) is 4.40 Å². The van der Waals surface area contributed by atoms with E-state index in [-0.39, 0.29) is 0 Å². The quantitative estimate of drug-likeness (QED) is 0.670. The van der Waals surface area contributed by atoms with Crippen LogP contribution in [0.5, 0.6) is 0 Å². The van der Waals surface area contributed by atoms with E-state index in [2.05, 4.69) is 9.97 Å². The Morgan fingerprint density at radius 3 is 2.88 bits per heavy atom. The van der Waals surface area contributed by atoms with Crippen molar-refractivity contribution < 1.29 is 0 Å². The second kappa shape index (κ2) is 3.82. The number of hydrogen-bond acceptors (Lipinski definition) is 3. The molecule has 3 aromatic heterocycles. The first kappa shape index (κ1) is 10.7. The number of rotatable bonds is 1. The minimum atomic E-state index is 0.664. The van der Waals surface area contributed by atoms with Gasteiger partial charge >= 0.3 is 0 Å². The van der Waals surface area contributed by atoms with E-state index >= 15 is 0 Å². The zero-order valence-corrected chi connectivity index (χ0v) is 11.0. The molecule has 0 fully saturated rings. The molecule has 0 saturated heterocycles. The number of hydrogen-bond donors (Lipinski definition) is 0. The highest BCUT2D eigenvalue weighted by atomic mass is 35.5. The van der Waals surface area contributed by atoms with Gasteiger partial charge in [-0.25, -0.2) is 9.97 Å². The minimum Gasteiger partial charge on any atom is -0.298 e. The molecule has 3 aromatic rings. The van der Waals surface area contributed by atoms with Crippen LogP contribution in [0, 0.1) is 13.8 Å². The Hall–Kier alpha value is -1.39. The molecule has 17 heavy (non-hydrogen) atoms. The van der Waals surface area contributed by atoms with Crippen LogP contribution in [0.15, 0.2) is 24.5 Å². The Bertz CT molecular complexity index is 699. The molecule has 0 amide bonds. The third-order valence-electron chi connectivity index (χ3n) is 2.62. The molecule has 0 aromatic carbocycles. The zero-order chi connectivity index (χ0) is 12.0. The maximum atomic E-state index is 6.11. The highest BCUT2D eigenvalue weighted by molar-refractivity contribution is 7.15. The van der Waals surface area contributed by atoms with Crippen molar-refractivity contribution in [3.8, 4) is 10.6 Å². The van der Waals surface area contributed by atoms with Gasteiger partial charge in [0.1, 0.15) is 0 Å². The van der Waals surface area contributed by atoms with Crippen molar-refractivity contribution in [1.29, 1.82) is 0 Å². The van der Waals surface area contributed by atoms with Crippen LogP contribution in [-0.2, 0) is 0 Å². The Labute approximate surface area is 108 Å². The first-order valence-corrected chi connectivity index (χ1v) is 6.42. The largest absolute Gasteiger partial charge is 0.298 e. The summed E-state index contributed by atoms with van der Waals surface area (Å²) in [6, 6.07) is 3.77. The molecule has 86 valence electrons. The van der Waals surface area contributed by atoms with E-state index in [0.29, 0.717) is 5.02 Å². The monoisotopic (exact) mass is 263 g/mol. The summed E-state index contributed by atoms with van der Waals surface area (Å²) in [4.78, 5) is 9.95. The molecular weight excluding hydrogens is 254 g/mol. The van der Waals surface area contributed by atoms with Crippen LogP contribution in [0.2, 0.25) is 5.02 Å².